The van der Waals surface area contributed by atoms with Gasteiger partial charge >= 0.3 is 0 Å². The third-order valence-corrected chi connectivity index (χ3v) is 2.39. The van der Waals surface area contributed by atoms with Gasteiger partial charge in [-0.25, -0.2) is 0 Å². The van der Waals surface area contributed by atoms with E-state index in [-0.39, 0.29) is 18.4 Å². The van der Waals surface area contributed by atoms with Crippen molar-refractivity contribution in [2.75, 3.05) is 39.8 Å². The van der Waals surface area contributed by atoms with E-state index in [4.69, 9.17) is 0 Å². The van der Waals surface area contributed by atoms with Crippen molar-refractivity contribution in [1.82, 2.24) is 15.1 Å². The maximum atomic E-state index is 11.7. The molecule has 0 aromatic rings. The monoisotopic (exact) mass is 211 g/mol. The molecule has 0 spiro atoms. The van der Waals surface area contributed by atoms with Gasteiger partial charge in [-0.05, 0) is 6.08 Å². The minimum atomic E-state index is -0.224. The van der Waals surface area contributed by atoms with Crippen molar-refractivity contribution in [3.05, 3.63) is 12.7 Å². The Hall–Kier alpha value is -1.36. The van der Waals surface area contributed by atoms with Crippen molar-refractivity contribution in [2.24, 2.45) is 0 Å². The van der Waals surface area contributed by atoms with Crippen molar-refractivity contribution >= 4 is 11.8 Å². The molecular weight excluding hydrogens is 194 g/mol. The average Bonchev–Trinajstić information content (AvgIpc) is 2.29. The van der Waals surface area contributed by atoms with Crippen LogP contribution in [0.1, 0.15) is 0 Å². The smallest absolute Gasteiger partial charge is 0.246 e. The molecule has 0 radical (unpaired) electrons. The van der Waals surface area contributed by atoms with Crippen LogP contribution >= 0.6 is 0 Å². The standard InChI is InChI=1S/C10H17N3O2/c1-3-9(14)12(2)8-10(15)13-6-4-11-5-7-13/h3,11H,1,4-8H2,2H3. The molecule has 1 aliphatic heterocycles. The van der Waals surface area contributed by atoms with Gasteiger partial charge in [0.2, 0.25) is 11.8 Å². The minimum absolute atomic E-state index is 0.00537. The van der Waals surface area contributed by atoms with Gasteiger partial charge in [0, 0.05) is 33.2 Å². The molecule has 0 bridgehead atoms. The van der Waals surface area contributed by atoms with Crippen LogP contribution in [0.4, 0.5) is 0 Å². The highest BCUT2D eigenvalue weighted by molar-refractivity contribution is 5.90. The van der Waals surface area contributed by atoms with Gasteiger partial charge in [-0.15, -0.1) is 0 Å². The topological polar surface area (TPSA) is 52.7 Å². The summed E-state index contributed by atoms with van der Waals surface area (Å²) in [6, 6.07) is 0. The second-order valence-electron chi connectivity index (χ2n) is 3.53. The zero-order chi connectivity index (χ0) is 11.3. The zero-order valence-corrected chi connectivity index (χ0v) is 9.03. The lowest BCUT2D eigenvalue weighted by atomic mass is 10.3. The minimum Gasteiger partial charge on any atom is -0.339 e. The number of nitrogens with zero attached hydrogens (tertiary/aromatic N) is 2. The molecule has 5 heteroatoms. The fraction of sp³-hybridized carbons (Fsp3) is 0.600. The first-order valence-electron chi connectivity index (χ1n) is 5.01. The number of rotatable bonds is 3. The van der Waals surface area contributed by atoms with Crippen LogP contribution in [0, 0.1) is 0 Å². The summed E-state index contributed by atoms with van der Waals surface area (Å²) in [4.78, 5) is 26.0. The summed E-state index contributed by atoms with van der Waals surface area (Å²) in [5, 5.41) is 3.17. The van der Waals surface area contributed by atoms with Gasteiger partial charge in [-0.3, -0.25) is 9.59 Å². The van der Waals surface area contributed by atoms with Crippen LogP contribution in [-0.4, -0.2) is 61.4 Å². The summed E-state index contributed by atoms with van der Waals surface area (Å²) in [6.07, 6.45) is 1.21. The molecule has 0 saturated carbocycles. The molecule has 0 unspecified atom stereocenters. The molecule has 1 N–H and O–H groups in total. The van der Waals surface area contributed by atoms with Crippen LogP contribution < -0.4 is 5.32 Å². The fourth-order valence-corrected chi connectivity index (χ4v) is 1.45. The molecule has 5 nitrogen and oxygen atoms in total. The summed E-state index contributed by atoms with van der Waals surface area (Å²) < 4.78 is 0. The van der Waals surface area contributed by atoms with E-state index in [0.717, 1.165) is 26.2 Å². The second kappa shape index (κ2) is 5.50. The summed E-state index contributed by atoms with van der Waals surface area (Å²) in [5.74, 6) is -0.229. The van der Waals surface area contributed by atoms with Crippen molar-refractivity contribution in [3.63, 3.8) is 0 Å². The highest BCUT2D eigenvalue weighted by Gasteiger charge is 2.18. The van der Waals surface area contributed by atoms with Crippen LogP contribution in [-0.2, 0) is 9.59 Å². The largest absolute Gasteiger partial charge is 0.339 e. The van der Waals surface area contributed by atoms with Gasteiger partial charge in [-0.2, -0.15) is 0 Å². The maximum absolute atomic E-state index is 11.7. The lowest BCUT2D eigenvalue weighted by Crippen LogP contribution is -2.49. The molecule has 84 valence electrons. The van der Waals surface area contributed by atoms with Crippen molar-refractivity contribution in [3.8, 4) is 0 Å². The Labute approximate surface area is 89.7 Å². The van der Waals surface area contributed by atoms with Crippen molar-refractivity contribution in [1.29, 1.82) is 0 Å². The Morgan fingerprint density at radius 2 is 2.07 bits per heavy atom. The maximum Gasteiger partial charge on any atom is 0.246 e. The molecule has 1 heterocycles. The SMILES string of the molecule is C=CC(=O)N(C)CC(=O)N1CCNCC1. The predicted octanol–water partition coefficient (Wildman–Crippen LogP) is -0.937. The Balaban J connectivity index is 2.40. The Kier molecular flexibility index (Phi) is 4.30. The predicted molar refractivity (Wildman–Crippen MR) is 57.3 cm³/mol. The van der Waals surface area contributed by atoms with E-state index < -0.39 is 0 Å². The average molecular weight is 211 g/mol. The summed E-state index contributed by atoms with van der Waals surface area (Å²) in [6.45, 7) is 6.59. The summed E-state index contributed by atoms with van der Waals surface area (Å²) in [5.41, 5.74) is 0. The van der Waals surface area contributed by atoms with Gasteiger partial charge < -0.3 is 15.1 Å². The van der Waals surface area contributed by atoms with E-state index in [0.29, 0.717) is 0 Å². The van der Waals surface area contributed by atoms with Crippen LogP contribution in [0.2, 0.25) is 0 Å². The van der Waals surface area contributed by atoms with E-state index in [2.05, 4.69) is 11.9 Å². The van der Waals surface area contributed by atoms with E-state index >= 15 is 0 Å². The van der Waals surface area contributed by atoms with Crippen molar-refractivity contribution in [2.45, 2.75) is 0 Å². The van der Waals surface area contributed by atoms with Crippen LogP contribution in [0.15, 0.2) is 12.7 Å². The number of hydrogen-bond donors (Lipinski definition) is 1. The highest BCUT2D eigenvalue weighted by atomic mass is 16.2. The normalized spacial score (nSPS) is 15.9. The molecule has 1 saturated heterocycles. The first kappa shape index (κ1) is 11.7. The number of nitrogens with one attached hydrogen (secondary N) is 1. The molecule has 15 heavy (non-hydrogen) atoms. The quantitative estimate of drug-likeness (QED) is 0.613. The molecule has 0 aromatic carbocycles. The van der Waals surface area contributed by atoms with Gasteiger partial charge in [0.15, 0.2) is 0 Å². The first-order chi connectivity index (χ1) is 7.15. The van der Waals surface area contributed by atoms with E-state index in [1.54, 1.807) is 11.9 Å². The number of likely N-dealkylation sites (N-methyl/N-ethyl adjacent to an activating group) is 1. The number of amides is 2. The zero-order valence-electron chi connectivity index (χ0n) is 9.03. The first-order valence-corrected chi connectivity index (χ1v) is 5.01. The van der Waals surface area contributed by atoms with E-state index in [1.807, 2.05) is 0 Å². The van der Waals surface area contributed by atoms with Gasteiger partial charge in [0.05, 0.1) is 6.54 Å². The molecule has 0 aliphatic carbocycles. The Morgan fingerprint density at radius 3 is 2.60 bits per heavy atom. The van der Waals surface area contributed by atoms with Gasteiger partial charge in [-0.1, -0.05) is 6.58 Å². The number of hydrogen-bond acceptors (Lipinski definition) is 3. The molecular formula is C10H17N3O2. The molecule has 1 aliphatic rings. The summed E-state index contributed by atoms with van der Waals surface area (Å²) >= 11 is 0. The highest BCUT2D eigenvalue weighted by Crippen LogP contribution is 1.96. The van der Waals surface area contributed by atoms with Crippen molar-refractivity contribution < 1.29 is 9.59 Å². The fourth-order valence-electron chi connectivity index (χ4n) is 1.45. The van der Waals surface area contributed by atoms with Crippen LogP contribution in [0.5, 0.6) is 0 Å². The third-order valence-electron chi connectivity index (χ3n) is 2.39. The number of carbonyl (C=O) groups excluding carboxylic acids is 2. The molecule has 1 fully saturated rings. The lowest BCUT2D eigenvalue weighted by Gasteiger charge is -2.29. The number of carbonyl (C=O) groups is 2. The van der Waals surface area contributed by atoms with E-state index in [1.165, 1.54) is 11.0 Å². The van der Waals surface area contributed by atoms with Gasteiger partial charge in [0.25, 0.3) is 0 Å². The summed E-state index contributed by atoms with van der Waals surface area (Å²) in [7, 11) is 1.60. The second-order valence-corrected chi connectivity index (χ2v) is 3.53. The lowest BCUT2D eigenvalue weighted by molar-refractivity contribution is -0.137. The van der Waals surface area contributed by atoms with E-state index in [9.17, 15) is 9.59 Å². The Morgan fingerprint density at radius 1 is 1.47 bits per heavy atom. The van der Waals surface area contributed by atoms with Crippen LogP contribution in [0.25, 0.3) is 0 Å². The molecule has 1 rings (SSSR count). The number of piperazine rings is 1. The van der Waals surface area contributed by atoms with Crippen LogP contribution in [0.3, 0.4) is 0 Å². The molecule has 0 atom stereocenters. The molecule has 0 aromatic heterocycles. The molecule has 2 amide bonds. The van der Waals surface area contributed by atoms with Gasteiger partial charge in [0.1, 0.15) is 0 Å². The third kappa shape index (κ3) is 3.36. The Bertz CT molecular complexity index is 259.